The van der Waals surface area contributed by atoms with Gasteiger partial charge in [-0.1, -0.05) is 32.0 Å². The maximum absolute atomic E-state index is 7.70. The zero-order valence-corrected chi connectivity index (χ0v) is 12.1. The summed E-state index contributed by atoms with van der Waals surface area (Å²) in [5, 5.41) is 9.60. The number of amidine groups is 1. The molecule has 2 aromatic rings. The smallest absolute Gasteiger partial charge is 0.123 e. The average Bonchev–Trinajstić information content (AvgIpc) is 2.37. The highest BCUT2D eigenvalue weighted by Crippen LogP contribution is 2.25. The number of pyridine rings is 1. The standard InChI is InChI=1S/C15H19N3S/c1-10(2)7-8-19-14-9-12(15(16)17)11-5-3-4-6-13(11)18-14/h3-6,9-10H,7-8H2,1-2H3,(H3,16,17). The highest BCUT2D eigenvalue weighted by Gasteiger charge is 2.08. The van der Waals surface area contributed by atoms with Crippen molar-refractivity contribution >= 4 is 28.5 Å². The quantitative estimate of drug-likeness (QED) is 0.496. The molecule has 19 heavy (non-hydrogen) atoms. The number of hydrogen-bond donors (Lipinski definition) is 2. The van der Waals surface area contributed by atoms with Crippen LogP contribution in [0.3, 0.4) is 0 Å². The summed E-state index contributed by atoms with van der Waals surface area (Å²) in [7, 11) is 0. The van der Waals surface area contributed by atoms with Crippen LogP contribution in [0.4, 0.5) is 0 Å². The van der Waals surface area contributed by atoms with Crippen molar-refractivity contribution in [2.45, 2.75) is 25.3 Å². The van der Waals surface area contributed by atoms with Gasteiger partial charge in [-0.05, 0) is 30.2 Å². The number of nitrogens with two attached hydrogens (primary N) is 1. The van der Waals surface area contributed by atoms with Gasteiger partial charge in [-0.3, -0.25) is 5.41 Å². The molecule has 0 unspecified atom stereocenters. The van der Waals surface area contributed by atoms with Crippen molar-refractivity contribution in [3.05, 3.63) is 35.9 Å². The number of fused-ring (bicyclic) bond motifs is 1. The summed E-state index contributed by atoms with van der Waals surface area (Å²) in [5.74, 6) is 1.84. The Hall–Kier alpha value is -1.55. The van der Waals surface area contributed by atoms with Crippen LogP contribution in [0.15, 0.2) is 35.4 Å². The number of aromatic nitrogens is 1. The second-order valence-electron chi connectivity index (χ2n) is 4.97. The lowest BCUT2D eigenvalue weighted by molar-refractivity contribution is 0.632. The van der Waals surface area contributed by atoms with E-state index in [2.05, 4.69) is 18.8 Å². The van der Waals surface area contributed by atoms with Gasteiger partial charge in [-0.25, -0.2) is 4.98 Å². The molecule has 0 bridgehead atoms. The van der Waals surface area contributed by atoms with E-state index in [1.165, 1.54) is 0 Å². The molecule has 1 heterocycles. The summed E-state index contributed by atoms with van der Waals surface area (Å²) in [6, 6.07) is 9.76. The molecule has 3 N–H and O–H groups in total. The van der Waals surface area contributed by atoms with Gasteiger partial charge in [0, 0.05) is 10.9 Å². The third-order valence-electron chi connectivity index (χ3n) is 2.93. The van der Waals surface area contributed by atoms with Crippen molar-refractivity contribution in [3.8, 4) is 0 Å². The molecule has 100 valence electrons. The molecule has 0 saturated carbocycles. The Labute approximate surface area is 118 Å². The molecule has 0 aliphatic rings. The van der Waals surface area contributed by atoms with Crippen LogP contribution in [0.2, 0.25) is 0 Å². The Bertz CT molecular complexity index is 593. The first-order valence-electron chi connectivity index (χ1n) is 6.45. The topological polar surface area (TPSA) is 62.8 Å². The fraction of sp³-hybridized carbons (Fsp3) is 0.333. The first-order valence-corrected chi connectivity index (χ1v) is 7.43. The van der Waals surface area contributed by atoms with Crippen molar-refractivity contribution in [3.63, 3.8) is 0 Å². The molecule has 0 radical (unpaired) electrons. The summed E-state index contributed by atoms with van der Waals surface area (Å²) >= 11 is 1.73. The molecule has 0 saturated heterocycles. The number of nitrogen functional groups attached to an aromatic ring is 1. The highest BCUT2D eigenvalue weighted by atomic mass is 32.2. The van der Waals surface area contributed by atoms with Crippen LogP contribution in [-0.4, -0.2) is 16.6 Å². The van der Waals surface area contributed by atoms with E-state index in [9.17, 15) is 0 Å². The van der Waals surface area contributed by atoms with Gasteiger partial charge in [0.2, 0.25) is 0 Å². The molecule has 0 aliphatic carbocycles. The summed E-state index contributed by atoms with van der Waals surface area (Å²) in [6.45, 7) is 4.44. The van der Waals surface area contributed by atoms with Crippen LogP contribution in [0.1, 0.15) is 25.8 Å². The summed E-state index contributed by atoms with van der Waals surface area (Å²) in [4.78, 5) is 4.63. The van der Waals surface area contributed by atoms with Crippen LogP contribution in [0.5, 0.6) is 0 Å². The molecule has 2 rings (SSSR count). The lowest BCUT2D eigenvalue weighted by Crippen LogP contribution is -2.12. The third-order valence-corrected chi connectivity index (χ3v) is 3.87. The zero-order chi connectivity index (χ0) is 13.8. The van der Waals surface area contributed by atoms with Gasteiger partial charge < -0.3 is 5.73 Å². The Kier molecular flexibility index (Phi) is 4.43. The lowest BCUT2D eigenvalue weighted by atomic mass is 10.1. The number of hydrogen-bond acceptors (Lipinski definition) is 3. The summed E-state index contributed by atoms with van der Waals surface area (Å²) in [6.07, 6.45) is 1.16. The average molecular weight is 273 g/mol. The van der Waals surface area contributed by atoms with Crippen LogP contribution in [-0.2, 0) is 0 Å². The molecule has 1 aromatic carbocycles. The number of thioether (sulfide) groups is 1. The van der Waals surface area contributed by atoms with E-state index in [1.54, 1.807) is 11.8 Å². The fourth-order valence-corrected chi connectivity index (χ4v) is 3.01. The lowest BCUT2D eigenvalue weighted by Gasteiger charge is -2.09. The molecule has 3 nitrogen and oxygen atoms in total. The first-order chi connectivity index (χ1) is 9.08. The molecule has 0 aliphatic heterocycles. The number of rotatable bonds is 5. The van der Waals surface area contributed by atoms with E-state index in [4.69, 9.17) is 11.1 Å². The Morgan fingerprint density at radius 3 is 2.79 bits per heavy atom. The van der Waals surface area contributed by atoms with E-state index in [0.29, 0.717) is 5.92 Å². The Morgan fingerprint density at radius 2 is 2.11 bits per heavy atom. The van der Waals surface area contributed by atoms with Crippen LogP contribution < -0.4 is 5.73 Å². The highest BCUT2D eigenvalue weighted by molar-refractivity contribution is 7.99. The second kappa shape index (κ2) is 6.06. The Morgan fingerprint density at radius 1 is 1.37 bits per heavy atom. The van der Waals surface area contributed by atoms with Crippen LogP contribution >= 0.6 is 11.8 Å². The van der Waals surface area contributed by atoms with Gasteiger partial charge in [-0.15, -0.1) is 11.8 Å². The van der Waals surface area contributed by atoms with Crippen molar-refractivity contribution < 1.29 is 0 Å². The Balaban J connectivity index is 2.33. The minimum absolute atomic E-state index is 0.101. The molecule has 4 heteroatoms. The normalized spacial score (nSPS) is 11.1. The van der Waals surface area contributed by atoms with Gasteiger partial charge in [0.15, 0.2) is 0 Å². The van der Waals surface area contributed by atoms with Crippen LogP contribution in [0, 0.1) is 11.3 Å². The van der Waals surface area contributed by atoms with Crippen molar-refractivity contribution in [1.29, 1.82) is 5.41 Å². The van der Waals surface area contributed by atoms with E-state index >= 15 is 0 Å². The maximum Gasteiger partial charge on any atom is 0.123 e. The molecule has 0 amide bonds. The number of para-hydroxylation sites is 1. The van der Waals surface area contributed by atoms with Crippen molar-refractivity contribution in [2.24, 2.45) is 11.7 Å². The minimum Gasteiger partial charge on any atom is -0.384 e. The largest absolute Gasteiger partial charge is 0.384 e. The van der Waals surface area contributed by atoms with Crippen LogP contribution in [0.25, 0.3) is 10.9 Å². The third kappa shape index (κ3) is 3.47. The van der Waals surface area contributed by atoms with E-state index in [-0.39, 0.29) is 5.84 Å². The van der Waals surface area contributed by atoms with Gasteiger partial charge in [-0.2, -0.15) is 0 Å². The van der Waals surface area contributed by atoms with E-state index in [0.717, 1.165) is 33.7 Å². The van der Waals surface area contributed by atoms with Gasteiger partial charge >= 0.3 is 0 Å². The van der Waals surface area contributed by atoms with Crippen molar-refractivity contribution in [1.82, 2.24) is 4.98 Å². The molecule has 0 atom stereocenters. The van der Waals surface area contributed by atoms with E-state index in [1.807, 2.05) is 30.3 Å². The predicted octanol–water partition coefficient (Wildman–Crippen LogP) is 3.66. The SMILES string of the molecule is CC(C)CCSc1cc(C(=N)N)c2ccccc2n1. The predicted molar refractivity (Wildman–Crippen MR) is 82.9 cm³/mol. The number of benzene rings is 1. The molecular weight excluding hydrogens is 254 g/mol. The number of nitrogens with one attached hydrogen (secondary N) is 1. The first kappa shape index (κ1) is 13.9. The maximum atomic E-state index is 7.70. The second-order valence-corrected chi connectivity index (χ2v) is 6.09. The molecule has 0 spiro atoms. The zero-order valence-electron chi connectivity index (χ0n) is 11.3. The van der Waals surface area contributed by atoms with Crippen molar-refractivity contribution in [2.75, 3.05) is 5.75 Å². The fourth-order valence-electron chi connectivity index (χ4n) is 1.85. The molecular formula is C15H19N3S. The minimum atomic E-state index is 0.101. The van der Waals surface area contributed by atoms with Gasteiger partial charge in [0.25, 0.3) is 0 Å². The monoisotopic (exact) mass is 273 g/mol. The number of nitrogens with zero attached hydrogens (tertiary/aromatic N) is 1. The molecule has 0 fully saturated rings. The van der Waals surface area contributed by atoms with E-state index < -0.39 is 0 Å². The summed E-state index contributed by atoms with van der Waals surface area (Å²) < 4.78 is 0. The van der Waals surface area contributed by atoms with Gasteiger partial charge in [0.05, 0.1) is 10.5 Å². The van der Waals surface area contributed by atoms with Gasteiger partial charge in [0.1, 0.15) is 5.84 Å². The molecule has 1 aromatic heterocycles. The summed E-state index contributed by atoms with van der Waals surface area (Å²) in [5.41, 5.74) is 7.35.